The molecule has 2 aromatic carbocycles. The predicted molar refractivity (Wildman–Crippen MR) is 118 cm³/mol. The van der Waals surface area contributed by atoms with Crippen LogP contribution in [0.3, 0.4) is 0 Å². The first-order valence-corrected chi connectivity index (χ1v) is 10.6. The van der Waals surface area contributed by atoms with Crippen LogP contribution in [0.5, 0.6) is 0 Å². The Morgan fingerprint density at radius 1 is 1.14 bits per heavy atom. The van der Waals surface area contributed by atoms with Crippen molar-refractivity contribution in [1.29, 1.82) is 0 Å². The van der Waals surface area contributed by atoms with E-state index in [2.05, 4.69) is 24.2 Å². The number of hydrogen-bond acceptors (Lipinski definition) is 5. The van der Waals surface area contributed by atoms with E-state index in [0.29, 0.717) is 23.3 Å². The number of hydrogen-bond donors (Lipinski definition) is 1. The molecule has 2 amide bonds. The molecule has 29 heavy (non-hydrogen) atoms. The quantitative estimate of drug-likeness (QED) is 0.814. The lowest BCUT2D eigenvalue weighted by molar-refractivity contribution is -0.125. The zero-order valence-electron chi connectivity index (χ0n) is 16.3. The SMILES string of the molecule is CC(C)C[C@@H]1N=C2c3ccccc3N=C(SCC(=O)Nc3ccccc3)N2C1=O. The minimum absolute atomic E-state index is 0.0714. The molecule has 7 heteroatoms. The molecule has 0 saturated carbocycles. The molecule has 0 radical (unpaired) electrons. The van der Waals surface area contributed by atoms with Crippen LogP contribution in [0.2, 0.25) is 0 Å². The minimum atomic E-state index is -0.403. The second-order valence-corrected chi connectivity index (χ2v) is 8.33. The summed E-state index contributed by atoms with van der Waals surface area (Å²) in [6, 6.07) is 16.6. The van der Waals surface area contributed by atoms with Gasteiger partial charge in [0.05, 0.1) is 11.4 Å². The van der Waals surface area contributed by atoms with Crippen LogP contribution < -0.4 is 5.32 Å². The third-order valence-electron chi connectivity index (χ3n) is 4.63. The summed E-state index contributed by atoms with van der Waals surface area (Å²) in [4.78, 5) is 36.4. The van der Waals surface area contributed by atoms with E-state index >= 15 is 0 Å². The highest BCUT2D eigenvalue weighted by Crippen LogP contribution is 2.34. The van der Waals surface area contributed by atoms with Gasteiger partial charge in [0.25, 0.3) is 5.91 Å². The molecule has 0 aromatic heterocycles. The lowest BCUT2D eigenvalue weighted by atomic mass is 10.0. The summed E-state index contributed by atoms with van der Waals surface area (Å²) < 4.78 is 0. The molecule has 0 saturated heterocycles. The normalized spacial score (nSPS) is 17.6. The molecule has 2 aliphatic rings. The van der Waals surface area contributed by atoms with Crippen molar-refractivity contribution < 1.29 is 9.59 Å². The Morgan fingerprint density at radius 2 is 1.86 bits per heavy atom. The summed E-state index contributed by atoms with van der Waals surface area (Å²) in [5, 5.41) is 3.36. The second kappa shape index (κ2) is 8.21. The number of aliphatic imine (C=N–C) groups is 2. The number of para-hydroxylation sites is 2. The number of benzene rings is 2. The second-order valence-electron chi connectivity index (χ2n) is 7.39. The van der Waals surface area contributed by atoms with Crippen molar-refractivity contribution >= 4 is 46.0 Å². The molecule has 2 aliphatic heterocycles. The molecule has 0 fully saturated rings. The average molecular weight is 407 g/mol. The number of carbonyl (C=O) groups is 2. The molecule has 1 atom stereocenters. The van der Waals surface area contributed by atoms with Crippen LogP contribution in [0.1, 0.15) is 25.8 Å². The number of carbonyl (C=O) groups excluding carboxylic acids is 2. The number of amides is 2. The molecule has 0 unspecified atom stereocenters. The van der Waals surface area contributed by atoms with E-state index in [9.17, 15) is 9.59 Å². The molecule has 148 valence electrons. The maximum absolute atomic E-state index is 13.0. The zero-order valence-corrected chi connectivity index (χ0v) is 17.1. The largest absolute Gasteiger partial charge is 0.325 e. The fourth-order valence-corrected chi connectivity index (χ4v) is 4.15. The van der Waals surface area contributed by atoms with E-state index in [-0.39, 0.29) is 17.6 Å². The van der Waals surface area contributed by atoms with Gasteiger partial charge in [0, 0.05) is 11.3 Å². The predicted octanol–water partition coefficient (Wildman–Crippen LogP) is 4.06. The van der Waals surface area contributed by atoms with E-state index in [1.807, 2.05) is 54.6 Å². The zero-order chi connectivity index (χ0) is 20.4. The fraction of sp³-hybridized carbons (Fsp3) is 0.273. The Bertz CT molecular complexity index is 1000. The van der Waals surface area contributed by atoms with Crippen LogP contribution in [0.15, 0.2) is 64.6 Å². The molecule has 2 heterocycles. The highest BCUT2D eigenvalue weighted by atomic mass is 32.2. The number of fused-ring (bicyclic) bond motifs is 3. The number of anilines is 1. The number of nitrogens with one attached hydrogen (secondary N) is 1. The summed E-state index contributed by atoms with van der Waals surface area (Å²) in [6.45, 7) is 4.16. The summed E-state index contributed by atoms with van der Waals surface area (Å²) >= 11 is 1.25. The van der Waals surface area contributed by atoms with Gasteiger partial charge in [-0.15, -0.1) is 0 Å². The number of nitrogens with zero attached hydrogens (tertiary/aromatic N) is 3. The van der Waals surface area contributed by atoms with Crippen molar-refractivity contribution in [3.8, 4) is 0 Å². The van der Waals surface area contributed by atoms with Crippen LogP contribution in [0.4, 0.5) is 11.4 Å². The van der Waals surface area contributed by atoms with E-state index in [0.717, 1.165) is 16.9 Å². The monoisotopic (exact) mass is 406 g/mol. The number of thioether (sulfide) groups is 1. The standard InChI is InChI=1S/C22H22N4O2S/c1-14(2)12-18-21(28)26-20(24-18)16-10-6-7-11-17(16)25-22(26)29-13-19(27)23-15-8-4-3-5-9-15/h3-11,14,18H,12-13H2,1-2H3,(H,23,27)/t18-/m0/s1. The molecule has 0 bridgehead atoms. The Hall–Kier alpha value is -2.93. The first-order valence-electron chi connectivity index (χ1n) is 9.60. The summed E-state index contributed by atoms with van der Waals surface area (Å²) in [5.74, 6) is 0.929. The first-order chi connectivity index (χ1) is 14.0. The summed E-state index contributed by atoms with van der Waals surface area (Å²) in [7, 11) is 0. The smallest absolute Gasteiger partial charge is 0.259 e. The topological polar surface area (TPSA) is 74.1 Å². The van der Waals surface area contributed by atoms with Crippen molar-refractivity contribution in [2.45, 2.75) is 26.3 Å². The third kappa shape index (κ3) is 4.10. The van der Waals surface area contributed by atoms with Gasteiger partial charge in [-0.25, -0.2) is 9.89 Å². The summed E-state index contributed by atoms with van der Waals surface area (Å²) in [5.41, 5.74) is 2.36. The van der Waals surface area contributed by atoms with Gasteiger partial charge in [0.1, 0.15) is 11.9 Å². The van der Waals surface area contributed by atoms with Gasteiger partial charge in [-0.2, -0.15) is 0 Å². The Kier molecular flexibility index (Phi) is 5.49. The van der Waals surface area contributed by atoms with E-state index in [1.54, 1.807) is 4.90 Å². The minimum Gasteiger partial charge on any atom is -0.325 e. The van der Waals surface area contributed by atoms with Crippen LogP contribution in [-0.2, 0) is 9.59 Å². The summed E-state index contributed by atoms with van der Waals surface area (Å²) in [6.07, 6.45) is 0.688. The fourth-order valence-electron chi connectivity index (χ4n) is 3.35. The van der Waals surface area contributed by atoms with Gasteiger partial charge in [0.15, 0.2) is 5.17 Å². The molecule has 0 spiro atoms. The maximum Gasteiger partial charge on any atom is 0.259 e. The lowest BCUT2D eigenvalue weighted by Crippen LogP contribution is -2.41. The van der Waals surface area contributed by atoms with Crippen molar-refractivity contribution in [2.24, 2.45) is 15.9 Å². The molecular formula is C22H22N4O2S. The van der Waals surface area contributed by atoms with Gasteiger partial charge >= 0.3 is 0 Å². The van der Waals surface area contributed by atoms with Crippen LogP contribution in [0.25, 0.3) is 0 Å². The maximum atomic E-state index is 13.0. The van der Waals surface area contributed by atoms with Gasteiger partial charge in [-0.3, -0.25) is 14.6 Å². The van der Waals surface area contributed by atoms with Crippen LogP contribution in [0, 0.1) is 5.92 Å². The van der Waals surface area contributed by atoms with E-state index < -0.39 is 6.04 Å². The lowest BCUT2D eigenvalue weighted by Gasteiger charge is -2.25. The van der Waals surface area contributed by atoms with Gasteiger partial charge in [-0.05, 0) is 36.6 Å². The van der Waals surface area contributed by atoms with Crippen LogP contribution in [-0.4, -0.2) is 39.5 Å². The number of rotatable bonds is 5. The van der Waals surface area contributed by atoms with Crippen molar-refractivity contribution in [1.82, 2.24) is 4.90 Å². The van der Waals surface area contributed by atoms with Crippen molar-refractivity contribution in [2.75, 3.05) is 11.1 Å². The Labute approximate surface area is 174 Å². The van der Waals surface area contributed by atoms with Gasteiger partial charge < -0.3 is 5.32 Å². The molecule has 1 N–H and O–H groups in total. The molecule has 4 rings (SSSR count). The molecule has 0 aliphatic carbocycles. The average Bonchev–Trinajstić information content (AvgIpc) is 3.03. The number of amidine groups is 2. The first kappa shape index (κ1) is 19.4. The Morgan fingerprint density at radius 3 is 2.62 bits per heavy atom. The molecular weight excluding hydrogens is 384 g/mol. The highest BCUT2D eigenvalue weighted by molar-refractivity contribution is 8.14. The van der Waals surface area contributed by atoms with E-state index in [1.165, 1.54) is 11.8 Å². The van der Waals surface area contributed by atoms with Crippen molar-refractivity contribution in [3.63, 3.8) is 0 Å². The molecule has 2 aromatic rings. The molecule has 6 nitrogen and oxygen atoms in total. The van der Waals surface area contributed by atoms with Gasteiger partial charge in [0.2, 0.25) is 5.91 Å². The van der Waals surface area contributed by atoms with E-state index in [4.69, 9.17) is 4.99 Å². The van der Waals surface area contributed by atoms with Gasteiger partial charge in [-0.1, -0.05) is 55.9 Å². The Balaban J connectivity index is 1.55. The highest BCUT2D eigenvalue weighted by Gasteiger charge is 2.41. The van der Waals surface area contributed by atoms with Crippen molar-refractivity contribution in [3.05, 3.63) is 60.2 Å². The van der Waals surface area contributed by atoms with Crippen LogP contribution >= 0.6 is 11.8 Å². The third-order valence-corrected chi connectivity index (χ3v) is 5.57.